The lowest BCUT2D eigenvalue weighted by molar-refractivity contribution is 0.0659. The summed E-state index contributed by atoms with van der Waals surface area (Å²) < 4.78 is 10.6. The van der Waals surface area contributed by atoms with E-state index >= 15 is 0 Å². The zero-order chi connectivity index (χ0) is 12.4. The maximum absolute atomic E-state index is 6.09. The molecule has 94 valence electrons. The van der Waals surface area contributed by atoms with Gasteiger partial charge < -0.3 is 14.6 Å². The Bertz CT molecular complexity index is 538. The zero-order valence-electron chi connectivity index (χ0n) is 9.60. The number of rotatable bonds is 2. The van der Waals surface area contributed by atoms with Crippen molar-refractivity contribution in [2.24, 2.45) is 0 Å². The van der Waals surface area contributed by atoms with E-state index in [4.69, 9.17) is 20.9 Å². The largest absolute Gasteiger partial charge is 0.378 e. The Kier molecular flexibility index (Phi) is 3.27. The van der Waals surface area contributed by atoms with Crippen molar-refractivity contribution in [1.82, 2.24) is 15.5 Å². The number of halogens is 1. The van der Waals surface area contributed by atoms with Crippen LogP contribution in [0.4, 0.5) is 0 Å². The van der Waals surface area contributed by atoms with Crippen LogP contribution in [0.2, 0.25) is 5.02 Å². The highest BCUT2D eigenvalue weighted by molar-refractivity contribution is 6.33. The molecule has 1 aliphatic rings. The summed E-state index contributed by atoms with van der Waals surface area (Å²) in [5, 5.41) is 7.83. The first-order valence-corrected chi connectivity index (χ1v) is 6.12. The molecule has 0 aliphatic carbocycles. The number of ether oxygens (including phenoxy) is 1. The summed E-state index contributed by atoms with van der Waals surface area (Å²) in [6.07, 6.45) is 0. The molecule has 1 fully saturated rings. The number of nitrogens with one attached hydrogen (secondary N) is 1. The van der Waals surface area contributed by atoms with Gasteiger partial charge in [-0.25, -0.2) is 0 Å². The van der Waals surface area contributed by atoms with Crippen molar-refractivity contribution >= 4 is 11.6 Å². The fourth-order valence-electron chi connectivity index (χ4n) is 1.85. The number of nitrogens with zero attached hydrogens (tertiary/aromatic N) is 2. The highest BCUT2D eigenvalue weighted by Gasteiger charge is 2.22. The minimum atomic E-state index is -0.0394. The maximum Gasteiger partial charge on any atom is 0.246 e. The van der Waals surface area contributed by atoms with Gasteiger partial charge in [0.2, 0.25) is 11.7 Å². The second kappa shape index (κ2) is 5.06. The lowest BCUT2D eigenvalue weighted by Crippen LogP contribution is -2.34. The van der Waals surface area contributed by atoms with E-state index in [0.717, 1.165) is 12.1 Å². The van der Waals surface area contributed by atoms with Gasteiger partial charge in [-0.1, -0.05) is 28.9 Å². The highest BCUT2D eigenvalue weighted by atomic mass is 35.5. The Labute approximate surface area is 109 Å². The van der Waals surface area contributed by atoms with Crippen LogP contribution >= 0.6 is 11.6 Å². The number of morpholine rings is 1. The van der Waals surface area contributed by atoms with Crippen LogP contribution in [0.1, 0.15) is 11.9 Å². The average Bonchev–Trinajstić information content (AvgIpc) is 2.90. The molecule has 0 saturated carbocycles. The van der Waals surface area contributed by atoms with Gasteiger partial charge in [0.05, 0.1) is 18.2 Å². The van der Waals surface area contributed by atoms with Crippen molar-refractivity contribution in [3.05, 3.63) is 35.2 Å². The normalized spacial score (nSPS) is 19.9. The first-order valence-electron chi connectivity index (χ1n) is 5.74. The Morgan fingerprint density at radius 3 is 3.00 bits per heavy atom. The van der Waals surface area contributed by atoms with Crippen LogP contribution in [0.15, 0.2) is 28.8 Å². The molecular formula is C12H12ClN3O2. The molecule has 3 rings (SSSR count). The van der Waals surface area contributed by atoms with Crippen molar-refractivity contribution in [3.8, 4) is 11.4 Å². The summed E-state index contributed by atoms with van der Waals surface area (Å²) in [5.74, 6) is 1.03. The zero-order valence-corrected chi connectivity index (χ0v) is 10.4. The maximum atomic E-state index is 6.09. The summed E-state index contributed by atoms with van der Waals surface area (Å²) in [6.45, 7) is 2.04. The van der Waals surface area contributed by atoms with E-state index in [-0.39, 0.29) is 6.04 Å². The Balaban J connectivity index is 1.87. The minimum absolute atomic E-state index is 0.0394. The van der Waals surface area contributed by atoms with Crippen LogP contribution in [0, 0.1) is 0 Å². The summed E-state index contributed by atoms with van der Waals surface area (Å²) in [7, 11) is 0. The van der Waals surface area contributed by atoms with Gasteiger partial charge in [-0.05, 0) is 12.1 Å². The van der Waals surface area contributed by atoms with E-state index in [2.05, 4.69) is 15.5 Å². The van der Waals surface area contributed by atoms with E-state index in [9.17, 15) is 0 Å². The number of hydrogen-bond donors (Lipinski definition) is 1. The molecule has 1 aromatic carbocycles. The standard InChI is InChI=1S/C12H12ClN3O2/c13-9-4-2-1-3-8(9)11-15-12(18-16-11)10-7-17-6-5-14-10/h1-4,10,14H,5-7H2. The first kappa shape index (κ1) is 11.6. The van der Waals surface area contributed by atoms with Gasteiger partial charge in [0.25, 0.3) is 0 Å². The SMILES string of the molecule is Clc1ccccc1-c1noc(C2COCCN2)n1. The third-order valence-corrected chi connectivity index (χ3v) is 3.11. The second-order valence-electron chi connectivity index (χ2n) is 4.02. The third kappa shape index (κ3) is 2.25. The smallest absolute Gasteiger partial charge is 0.246 e. The van der Waals surface area contributed by atoms with Crippen LogP contribution in [0.25, 0.3) is 11.4 Å². The van der Waals surface area contributed by atoms with Crippen molar-refractivity contribution < 1.29 is 9.26 Å². The molecule has 1 atom stereocenters. The summed E-state index contributed by atoms with van der Waals surface area (Å²) in [4.78, 5) is 4.36. The summed E-state index contributed by atoms with van der Waals surface area (Å²) in [6, 6.07) is 7.38. The molecule has 18 heavy (non-hydrogen) atoms. The molecule has 0 amide bonds. The molecule has 2 aromatic rings. The summed E-state index contributed by atoms with van der Waals surface area (Å²) in [5.41, 5.74) is 0.769. The molecule has 6 heteroatoms. The van der Waals surface area contributed by atoms with Gasteiger partial charge >= 0.3 is 0 Å². The Morgan fingerprint density at radius 2 is 2.22 bits per heavy atom. The van der Waals surface area contributed by atoms with Gasteiger partial charge in [0, 0.05) is 12.1 Å². The van der Waals surface area contributed by atoms with Crippen LogP contribution in [0.5, 0.6) is 0 Å². The molecule has 2 heterocycles. The third-order valence-electron chi connectivity index (χ3n) is 2.78. The van der Waals surface area contributed by atoms with Gasteiger partial charge in [0.1, 0.15) is 6.04 Å². The van der Waals surface area contributed by atoms with Crippen molar-refractivity contribution in [3.63, 3.8) is 0 Å². The molecular weight excluding hydrogens is 254 g/mol. The van der Waals surface area contributed by atoms with Gasteiger partial charge in [-0.15, -0.1) is 0 Å². The minimum Gasteiger partial charge on any atom is -0.378 e. The lowest BCUT2D eigenvalue weighted by atomic mass is 10.2. The molecule has 0 bridgehead atoms. The van der Waals surface area contributed by atoms with E-state index in [0.29, 0.717) is 30.0 Å². The second-order valence-corrected chi connectivity index (χ2v) is 4.42. The molecule has 0 radical (unpaired) electrons. The molecule has 1 unspecified atom stereocenters. The van der Waals surface area contributed by atoms with Gasteiger partial charge in [-0.2, -0.15) is 4.98 Å². The van der Waals surface area contributed by atoms with E-state index in [1.807, 2.05) is 18.2 Å². The molecule has 1 aliphatic heterocycles. The van der Waals surface area contributed by atoms with Crippen molar-refractivity contribution in [1.29, 1.82) is 0 Å². The number of hydrogen-bond acceptors (Lipinski definition) is 5. The molecule has 1 N–H and O–H groups in total. The van der Waals surface area contributed by atoms with Crippen LogP contribution in [-0.2, 0) is 4.74 Å². The van der Waals surface area contributed by atoms with Gasteiger partial charge in [0.15, 0.2) is 0 Å². The van der Waals surface area contributed by atoms with Crippen LogP contribution in [-0.4, -0.2) is 29.9 Å². The molecule has 1 aromatic heterocycles. The molecule has 5 nitrogen and oxygen atoms in total. The van der Waals surface area contributed by atoms with E-state index < -0.39 is 0 Å². The highest BCUT2D eigenvalue weighted by Crippen LogP contribution is 2.26. The Hall–Kier alpha value is -1.43. The van der Waals surface area contributed by atoms with E-state index in [1.54, 1.807) is 6.07 Å². The fraction of sp³-hybridized carbons (Fsp3) is 0.333. The topological polar surface area (TPSA) is 60.2 Å². The quantitative estimate of drug-likeness (QED) is 0.901. The number of benzene rings is 1. The predicted molar refractivity (Wildman–Crippen MR) is 66.3 cm³/mol. The number of aromatic nitrogens is 2. The van der Waals surface area contributed by atoms with Crippen LogP contribution < -0.4 is 5.32 Å². The predicted octanol–water partition coefficient (Wildman–Crippen LogP) is 2.05. The van der Waals surface area contributed by atoms with Gasteiger partial charge in [-0.3, -0.25) is 0 Å². The first-order chi connectivity index (χ1) is 8.84. The fourth-order valence-corrected chi connectivity index (χ4v) is 2.07. The summed E-state index contributed by atoms with van der Waals surface area (Å²) >= 11 is 6.09. The average molecular weight is 266 g/mol. The van der Waals surface area contributed by atoms with Crippen molar-refractivity contribution in [2.45, 2.75) is 6.04 Å². The van der Waals surface area contributed by atoms with E-state index in [1.165, 1.54) is 0 Å². The van der Waals surface area contributed by atoms with Crippen LogP contribution in [0.3, 0.4) is 0 Å². The molecule has 1 saturated heterocycles. The lowest BCUT2D eigenvalue weighted by Gasteiger charge is -2.20. The Morgan fingerprint density at radius 1 is 1.33 bits per heavy atom. The van der Waals surface area contributed by atoms with Crippen molar-refractivity contribution in [2.75, 3.05) is 19.8 Å². The monoisotopic (exact) mass is 265 g/mol. The molecule has 0 spiro atoms.